The molecule has 0 aliphatic heterocycles. The molecule has 0 rings (SSSR count). The van der Waals surface area contributed by atoms with Crippen LogP contribution in [0.1, 0.15) is 40.5 Å². The molecule has 4 atom stereocenters. The molecule has 2 nitrogen and oxygen atoms in total. The highest BCUT2D eigenvalue weighted by Gasteiger charge is 2.19. The van der Waals surface area contributed by atoms with Crippen LogP contribution in [0.5, 0.6) is 0 Å². The highest BCUT2D eigenvalue weighted by molar-refractivity contribution is 8.79. The Hall–Kier alpha value is 0.480. The number of allylic oxidation sites excluding steroid dienone is 2. The van der Waals surface area contributed by atoms with Crippen molar-refractivity contribution < 1.29 is 8.42 Å². The Morgan fingerprint density at radius 2 is 1.22 bits per heavy atom. The van der Waals surface area contributed by atoms with Crippen molar-refractivity contribution >= 4 is 43.2 Å². The summed E-state index contributed by atoms with van der Waals surface area (Å²) in [6, 6.07) is 0. The van der Waals surface area contributed by atoms with E-state index in [1.165, 1.54) is 0 Å². The van der Waals surface area contributed by atoms with Crippen molar-refractivity contribution in [2.24, 2.45) is 0 Å². The summed E-state index contributed by atoms with van der Waals surface area (Å²) < 4.78 is 23.9. The highest BCUT2D eigenvalue weighted by atomic mass is 33.1. The molecular formula is C12H22O2S4. The molecule has 0 amide bonds. The average molecular weight is 327 g/mol. The molecule has 106 valence electrons. The van der Waals surface area contributed by atoms with Gasteiger partial charge in [-0.05, 0) is 37.5 Å². The predicted molar refractivity (Wildman–Crippen MR) is 89.3 cm³/mol. The van der Waals surface area contributed by atoms with Gasteiger partial charge >= 0.3 is 0 Å². The molecule has 18 heavy (non-hydrogen) atoms. The van der Waals surface area contributed by atoms with Crippen molar-refractivity contribution in [1.29, 1.82) is 0 Å². The molecule has 0 aliphatic carbocycles. The molecule has 0 bridgehead atoms. The molecule has 0 fully saturated rings. The normalized spacial score (nSPS) is 19.1. The molecule has 0 N–H and O–H groups in total. The average Bonchev–Trinajstić information content (AvgIpc) is 2.35. The third-order valence-electron chi connectivity index (χ3n) is 2.00. The van der Waals surface area contributed by atoms with E-state index in [9.17, 15) is 8.42 Å². The summed E-state index contributed by atoms with van der Waals surface area (Å²) in [7, 11) is 1.29. The molecule has 0 aromatic carbocycles. The smallest absolute Gasteiger partial charge is 0.0942 e. The minimum Gasteiger partial charge on any atom is -0.254 e. The summed E-state index contributed by atoms with van der Waals surface area (Å²) in [4.78, 5) is 0. The number of hydrogen-bond donors (Lipinski definition) is 0. The second kappa shape index (κ2) is 11.3. The van der Waals surface area contributed by atoms with Gasteiger partial charge in [-0.1, -0.05) is 47.6 Å². The number of hydrogen-bond acceptors (Lipinski definition) is 4. The zero-order valence-electron chi connectivity index (χ0n) is 11.3. The fraction of sp³-hybridized carbons (Fsp3) is 0.667. The van der Waals surface area contributed by atoms with Crippen LogP contribution >= 0.6 is 21.6 Å². The third-order valence-corrected chi connectivity index (χ3v) is 10.2. The molecule has 0 radical (unpaired) electrons. The highest BCUT2D eigenvalue weighted by Crippen LogP contribution is 2.37. The maximum atomic E-state index is 11.9. The molecule has 4 unspecified atom stereocenters. The van der Waals surface area contributed by atoms with Crippen molar-refractivity contribution in [3.8, 4) is 0 Å². The summed E-state index contributed by atoms with van der Waals surface area (Å²) >= 11 is 0. The number of rotatable bonds is 9. The van der Waals surface area contributed by atoms with E-state index in [-0.39, 0.29) is 9.16 Å². The summed E-state index contributed by atoms with van der Waals surface area (Å²) in [6.45, 7) is 7.81. The van der Waals surface area contributed by atoms with Crippen LogP contribution < -0.4 is 0 Å². The zero-order valence-corrected chi connectivity index (χ0v) is 14.6. The first-order valence-electron chi connectivity index (χ1n) is 5.97. The second-order valence-corrected chi connectivity index (χ2v) is 9.73. The van der Waals surface area contributed by atoms with Crippen LogP contribution in [-0.4, -0.2) is 17.6 Å². The van der Waals surface area contributed by atoms with Gasteiger partial charge in [0.05, 0.1) is 30.8 Å². The van der Waals surface area contributed by atoms with Gasteiger partial charge in [0.15, 0.2) is 0 Å². The lowest BCUT2D eigenvalue weighted by atomic mass is 10.6. The van der Waals surface area contributed by atoms with Crippen LogP contribution in [0, 0.1) is 0 Å². The second-order valence-electron chi connectivity index (χ2n) is 3.46. The van der Waals surface area contributed by atoms with Crippen LogP contribution in [-0.2, 0) is 21.6 Å². The Morgan fingerprint density at radius 3 is 1.44 bits per heavy atom. The molecular weight excluding hydrogens is 304 g/mol. The van der Waals surface area contributed by atoms with E-state index in [1.807, 2.05) is 39.8 Å². The zero-order chi connectivity index (χ0) is 14.0. The van der Waals surface area contributed by atoms with Gasteiger partial charge in [0.2, 0.25) is 0 Å². The van der Waals surface area contributed by atoms with Crippen molar-refractivity contribution in [2.75, 3.05) is 0 Å². The van der Waals surface area contributed by atoms with Crippen molar-refractivity contribution in [3.63, 3.8) is 0 Å². The van der Waals surface area contributed by atoms with Crippen molar-refractivity contribution in [3.05, 3.63) is 23.0 Å². The SMILES string of the molecule is CC=CS(=O)C(CC)SSC(CC)S(=O)/C=C/C. The van der Waals surface area contributed by atoms with Gasteiger partial charge in [-0.25, -0.2) is 0 Å². The largest absolute Gasteiger partial charge is 0.254 e. The van der Waals surface area contributed by atoms with Crippen LogP contribution in [0.3, 0.4) is 0 Å². The fourth-order valence-electron chi connectivity index (χ4n) is 1.11. The summed E-state index contributed by atoms with van der Waals surface area (Å²) in [5.74, 6) is 0. The molecule has 0 saturated heterocycles. The first kappa shape index (κ1) is 18.5. The van der Waals surface area contributed by atoms with Gasteiger partial charge in [-0.15, -0.1) is 0 Å². The molecule has 6 heteroatoms. The Bertz CT molecular complexity index is 294. The Morgan fingerprint density at radius 1 is 0.889 bits per heavy atom. The van der Waals surface area contributed by atoms with Gasteiger partial charge in [0, 0.05) is 0 Å². The van der Waals surface area contributed by atoms with Gasteiger partial charge in [-0.2, -0.15) is 0 Å². The summed E-state index contributed by atoms with van der Waals surface area (Å²) in [6.07, 6.45) is 5.33. The molecule has 0 spiro atoms. The van der Waals surface area contributed by atoms with Crippen LogP contribution in [0.15, 0.2) is 23.0 Å². The topological polar surface area (TPSA) is 34.1 Å². The fourth-order valence-corrected chi connectivity index (χ4v) is 7.95. The summed E-state index contributed by atoms with van der Waals surface area (Å²) in [5.41, 5.74) is 0. The molecule has 0 aromatic heterocycles. The molecule has 0 aromatic rings. The standard InChI is InChI=1S/C12H22O2S4/c1-5-9-17(13)11(7-3)15-16-12(8-4)18(14)10-6-2/h5-6,9-12H,7-8H2,1-4H3/b9-5+,10-6?. The lowest BCUT2D eigenvalue weighted by molar-refractivity contribution is 0.684. The lowest BCUT2D eigenvalue weighted by Gasteiger charge is -2.15. The van der Waals surface area contributed by atoms with E-state index in [0.29, 0.717) is 0 Å². The van der Waals surface area contributed by atoms with E-state index in [2.05, 4.69) is 0 Å². The van der Waals surface area contributed by atoms with E-state index in [1.54, 1.807) is 32.4 Å². The minimum atomic E-state index is -0.949. The van der Waals surface area contributed by atoms with E-state index < -0.39 is 21.6 Å². The van der Waals surface area contributed by atoms with Gasteiger partial charge < -0.3 is 0 Å². The van der Waals surface area contributed by atoms with Gasteiger partial charge in [-0.3, -0.25) is 8.42 Å². The summed E-state index contributed by atoms with van der Waals surface area (Å²) in [5, 5.41) is 3.46. The quantitative estimate of drug-likeness (QED) is 0.588. The molecule has 0 aliphatic rings. The van der Waals surface area contributed by atoms with E-state index in [0.717, 1.165) is 12.8 Å². The van der Waals surface area contributed by atoms with Crippen molar-refractivity contribution in [2.45, 2.75) is 49.7 Å². The Balaban J connectivity index is 4.41. The third kappa shape index (κ3) is 7.16. The van der Waals surface area contributed by atoms with Crippen molar-refractivity contribution in [1.82, 2.24) is 0 Å². The van der Waals surface area contributed by atoms with Crippen LogP contribution in [0.25, 0.3) is 0 Å². The monoisotopic (exact) mass is 326 g/mol. The maximum Gasteiger partial charge on any atom is 0.0942 e. The molecule has 0 heterocycles. The van der Waals surface area contributed by atoms with E-state index in [4.69, 9.17) is 0 Å². The maximum absolute atomic E-state index is 11.9. The predicted octanol–water partition coefficient (Wildman–Crippen LogP) is 4.40. The Labute approximate surface area is 124 Å². The lowest BCUT2D eigenvalue weighted by Crippen LogP contribution is -2.10. The Kier molecular flexibility index (Phi) is 11.6. The molecule has 0 saturated carbocycles. The van der Waals surface area contributed by atoms with Gasteiger partial charge in [0.25, 0.3) is 0 Å². The van der Waals surface area contributed by atoms with E-state index >= 15 is 0 Å². The first-order valence-corrected chi connectivity index (χ1v) is 10.8. The van der Waals surface area contributed by atoms with Gasteiger partial charge in [0.1, 0.15) is 0 Å². The first-order chi connectivity index (χ1) is 8.60. The minimum absolute atomic E-state index is 0.0721. The van der Waals surface area contributed by atoms with Crippen LogP contribution in [0.4, 0.5) is 0 Å². The van der Waals surface area contributed by atoms with Crippen LogP contribution in [0.2, 0.25) is 0 Å².